The average molecular weight is 367 g/mol. The molecule has 0 radical (unpaired) electrons. The Morgan fingerprint density at radius 3 is 2.76 bits per heavy atom. The fourth-order valence-electron chi connectivity index (χ4n) is 2.36. The molecular weight excluding hydrogens is 354 g/mol. The Hall–Kier alpha value is -2.77. The summed E-state index contributed by atoms with van der Waals surface area (Å²) in [4.78, 5) is 20.9. The van der Waals surface area contributed by atoms with Crippen molar-refractivity contribution in [3.8, 4) is 10.9 Å². The van der Waals surface area contributed by atoms with Gasteiger partial charge in [-0.05, 0) is 49.4 Å². The maximum absolute atomic E-state index is 12.4. The van der Waals surface area contributed by atoms with Gasteiger partial charge in [0, 0.05) is 22.8 Å². The highest BCUT2D eigenvalue weighted by Gasteiger charge is 2.09. The molecule has 2 aromatic heterocycles. The van der Waals surface area contributed by atoms with Crippen LogP contribution in [0.5, 0.6) is 10.9 Å². The van der Waals surface area contributed by atoms with Gasteiger partial charge < -0.3 is 10.1 Å². The number of ether oxygens (including phenoxy) is 1. The number of anilines is 1. The molecule has 4 aromatic rings. The lowest BCUT2D eigenvalue weighted by Crippen LogP contribution is -2.11. The molecule has 1 N–H and O–H groups in total. The van der Waals surface area contributed by atoms with E-state index in [1.807, 2.05) is 30.5 Å². The number of thiazole rings is 2. The van der Waals surface area contributed by atoms with Gasteiger partial charge in [0.15, 0.2) is 0 Å². The molecule has 0 unspecified atom stereocenters. The summed E-state index contributed by atoms with van der Waals surface area (Å²) >= 11 is 3.05. The Kier molecular flexibility index (Phi) is 4.17. The zero-order valence-electron chi connectivity index (χ0n) is 13.2. The fourth-order valence-corrected chi connectivity index (χ4v) is 3.67. The molecule has 124 valence electrons. The van der Waals surface area contributed by atoms with Gasteiger partial charge >= 0.3 is 0 Å². The van der Waals surface area contributed by atoms with Crippen molar-refractivity contribution in [2.75, 3.05) is 5.32 Å². The highest BCUT2D eigenvalue weighted by molar-refractivity contribution is 7.18. The lowest BCUT2D eigenvalue weighted by atomic mass is 10.2. The van der Waals surface area contributed by atoms with Crippen LogP contribution in [0.2, 0.25) is 0 Å². The maximum Gasteiger partial charge on any atom is 0.278 e. The van der Waals surface area contributed by atoms with E-state index >= 15 is 0 Å². The highest BCUT2D eigenvalue weighted by Crippen LogP contribution is 2.26. The lowest BCUT2D eigenvalue weighted by Gasteiger charge is -2.06. The fraction of sp³-hybridized carbons (Fsp3) is 0.0556. The molecule has 0 atom stereocenters. The number of rotatable bonds is 4. The molecule has 2 heterocycles. The van der Waals surface area contributed by atoms with Gasteiger partial charge in [0.05, 0.1) is 15.2 Å². The first kappa shape index (κ1) is 15.7. The average Bonchev–Trinajstić information content (AvgIpc) is 3.23. The third-order valence-corrected chi connectivity index (χ3v) is 5.08. The molecule has 2 aromatic carbocycles. The number of nitrogens with one attached hydrogen (secondary N) is 1. The number of aromatic nitrogens is 2. The monoisotopic (exact) mass is 367 g/mol. The van der Waals surface area contributed by atoms with Crippen molar-refractivity contribution >= 4 is 44.5 Å². The molecule has 0 aliphatic heterocycles. The van der Waals surface area contributed by atoms with E-state index in [-0.39, 0.29) is 5.91 Å². The van der Waals surface area contributed by atoms with E-state index in [0.717, 1.165) is 20.9 Å². The largest absolute Gasteiger partial charge is 0.431 e. The van der Waals surface area contributed by atoms with Crippen molar-refractivity contribution in [1.82, 2.24) is 9.97 Å². The number of aryl methyl sites for hydroxylation is 1. The van der Waals surface area contributed by atoms with Crippen LogP contribution in [0.15, 0.2) is 54.0 Å². The second-order valence-electron chi connectivity index (χ2n) is 5.29. The van der Waals surface area contributed by atoms with Crippen LogP contribution in [0.1, 0.15) is 15.4 Å². The topological polar surface area (TPSA) is 64.1 Å². The van der Waals surface area contributed by atoms with Crippen LogP contribution in [0.4, 0.5) is 5.69 Å². The number of benzene rings is 2. The number of hydrogen-bond donors (Lipinski definition) is 1. The van der Waals surface area contributed by atoms with Gasteiger partial charge in [0.2, 0.25) is 0 Å². The molecule has 0 fully saturated rings. The van der Waals surface area contributed by atoms with Crippen molar-refractivity contribution in [3.63, 3.8) is 0 Å². The minimum atomic E-state index is -0.174. The van der Waals surface area contributed by atoms with Gasteiger partial charge in [0.1, 0.15) is 5.75 Å². The molecule has 5 nitrogen and oxygen atoms in total. The molecular formula is C18H13N3O2S2. The predicted molar refractivity (Wildman–Crippen MR) is 101 cm³/mol. The first-order chi connectivity index (χ1) is 12.2. The maximum atomic E-state index is 12.4. The molecule has 0 aliphatic rings. The zero-order chi connectivity index (χ0) is 17.2. The molecule has 0 saturated carbocycles. The molecule has 7 heteroatoms. The highest BCUT2D eigenvalue weighted by atomic mass is 32.1. The van der Waals surface area contributed by atoms with Crippen LogP contribution in [-0.4, -0.2) is 15.9 Å². The van der Waals surface area contributed by atoms with E-state index in [2.05, 4.69) is 15.3 Å². The summed E-state index contributed by atoms with van der Waals surface area (Å²) in [5.41, 5.74) is 2.18. The van der Waals surface area contributed by atoms with Gasteiger partial charge in [-0.25, -0.2) is 9.97 Å². The second-order valence-corrected chi connectivity index (χ2v) is 7.39. The number of carbonyl (C=O) groups excluding carboxylic acids is 1. The van der Waals surface area contributed by atoms with Crippen LogP contribution in [0.25, 0.3) is 10.2 Å². The van der Waals surface area contributed by atoms with Crippen LogP contribution in [-0.2, 0) is 0 Å². The SMILES string of the molecule is Cc1nc2cc(NC(=O)c3ccc(Oc4nccs4)cc3)ccc2s1. The van der Waals surface area contributed by atoms with E-state index in [1.165, 1.54) is 11.3 Å². The molecule has 25 heavy (non-hydrogen) atoms. The van der Waals surface area contributed by atoms with Gasteiger partial charge in [0.25, 0.3) is 11.1 Å². The molecule has 0 spiro atoms. The lowest BCUT2D eigenvalue weighted by molar-refractivity contribution is 0.102. The number of fused-ring (bicyclic) bond motifs is 1. The van der Waals surface area contributed by atoms with E-state index < -0.39 is 0 Å². The van der Waals surface area contributed by atoms with Gasteiger partial charge in [-0.15, -0.1) is 11.3 Å². The normalized spacial score (nSPS) is 10.8. The standard InChI is InChI=1S/C18H13N3O2S2/c1-11-20-15-10-13(4-7-16(15)25-11)21-17(22)12-2-5-14(6-3-12)23-18-19-8-9-24-18/h2-10H,1H3,(H,21,22). The molecule has 0 saturated heterocycles. The summed E-state index contributed by atoms with van der Waals surface area (Å²) in [6, 6.07) is 12.7. The Bertz CT molecular complexity index is 1020. The summed E-state index contributed by atoms with van der Waals surface area (Å²) in [5, 5.41) is 6.33. The van der Waals surface area contributed by atoms with E-state index in [9.17, 15) is 4.79 Å². The van der Waals surface area contributed by atoms with Crippen molar-refractivity contribution < 1.29 is 9.53 Å². The predicted octanol–water partition coefficient (Wildman–Crippen LogP) is 5.11. The van der Waals surface area contributed by atoms with Crippen molar-refractivity contribution in [2.24, 2.45) is 0 Å². The molecule has 0 bridgehead atoms. The molecule has 4 rings (SSSR count). The van der Waals surface area contributed by atoms with Gasteiger partial charge in [-0.2, -0.15) is 0 Å². The number of amides is 1. The Labute approximate surface area is 152 Å². The van der Waals surface area contributed by atoms with Crippen LogP contribution in [0, 0.1) is 6.92 Å². The second kappa shape index (κ2) is 6.62. The van der Waals surface area contributed by atoms with Crippen LogP contribution >= 0.6 is 22.7 Å². The summed E-state index contributed by atoms with van der Waals surface area (Å²) in [5.74, 6) is 0.470. The number of carbonyl (C=O) groups is 1. The minimum Gasteiger partial charge on any atom is -0.431 e. The third kappa shape index (κ3) is 3.52. The quantitative estimate of drug-likeness (QED) is 0.545. The molecule has 0 aliphatic carbocycles. The smallest absolute Gasteiger partial charge is 0.278 e. The summed E-state index contributed by atoms with van der Waals surface area (Å²) in [6.07, 6.45) is 1.68. The summed E-state index contributed by atoms with van der Waals surface area (Å²) in [6.45, 7) is 1.97. The molecule has 1 amide bonds. The minimum absolute atomic E-state index is 0.174. The Morgan fingerprint density at radius 1 is 1.16 bits per heavy atom. The first-order valence-electron chi connectivity index (χ1n) is 7.53. The number of hydrogen-bond acceptors (Lipinski definition) is 6. The number of nitrogens with zero attached hydrogens (tertiary/aromatic N) is 2. The van der Waals surface area contributed by atoms with E-state index in [4.69, 9.17) is 4.74 Å². The van der Waals surface area contributed by atoms with E-state index in [1.54, 1.807) is 41.8 Å². The Morgan fingerprint density at radius 2 is 2.00 bits per heavy atom. The first-order valence-corrected chi connectivity index (χ1v) is 9.23. The van der Waals surface area contributed by atoms with Crippen LogP contribution < -0.4 is 10.1 Å². The van der Waals surface area contributed by atoms with E-state index in [0.29, 0.717) is 16.5 Å². The van der Waals surface area contributed by atoms with Crippen molar-refractivity contribution in [3.05, 3.63) is 64.6 Å². The van der Waals surface area contributed by atoms with Gasteiger partial charge in [-0.3, -0.25) is 4.79 Å². The van der Waals surface area contributed by atoms with Crippen LogP contribution in [0.3, 0.4) is 0 Å². The van der Waals surface area contributed by atoms with Crippen molar-refractivity contribution in [1.29, 1.82) is 0 Å². The zero-order valence-corrected chi connectivity index (χ0v) is 14.9. The third-order valence-electron chi connectivity index (χ3n) is 3.48. The Balaban J connectivity index is 1.47. The van der Waals surface area contributed by atoms with Gasteiger partial charge in [-0.1, -0.05) is 11.3 Å². The summed E-state index contributed by atoms with van der Waals surface area (Å²) < 4.78 is 6.70. The van der Waals surface area contributed by atoms with Crippen molar-refractivity contribution in [2.45, 2.75) is 6.92 Å². The summed E-state index contributed by atoms with van der Waals surface area (Å²) in [7, 11) is 0.